The molecule has 0 amide bonds. The van der Waals surface area contributed by atoms with Crippen LogP contribution in [0.4, 0.5) is 0 Å². The summed E-state index contributed by atoms with van der Waals surface area (Å²) in [7, 11) is 3.39. The number of hydrogen-bond acceptors (Lipinski definition) is 3. The largest absolute Gasteiger partial charge is 0.386 e. The lowest BCUT2D eigenvalue weighted by Crippen LogP contribution is -2.05. The van der Waals surface area contributed by atoms with Crippen molar-refractivity contribution in [1.29, 1.82) is 0 Å². The lowest BCUT2D eigenvalue weighted by atomic mass is 10.1. The molecular formula is C8H14N2O2. The van der Waals surface area contributed by atoms with Gasteiger partial charge in [-0.3, -0.25) is 4.68 Å². The zero-order valence-electron chi connectivity index (χ0n) is 7.61. The van der Waals surface area contributed by atoms with Crippen LogP contribution in [0.15, 0.2) is 6.20 Å². The van der Waals surface area contributed by atoms with Crippen LogP contribution in [-0.4, -0.2) is 28.6 Å². The molecule has 0 aliphatic heterocycles. The fourth-order valence-corrected chi connectivity index (χ4v) is 1.19. The summed E-state index contributed by atoms with van der Waals surface area (Å²) >= 11 is 0. The molecule has 0 saturated heterocycles. The number of nitrogens with zero attached hydrogens (tertiary/aromatic N) is 2. The van der Waals surface area contributed by atoms with Gasteiger partial charge in [0.05, 0.1) is 12.3 Å². The van der Waals surface area contributed by atoms with E-state index in [1.54, 1.807) is 18.0 Å². The average Bonchev–Trinajstić information content (AvgIpc) is 2.30. The number of rotatable bonds is 3. The predicted octanol–water partition coefficient (Wildman–Crippen LogP) is 0.408. The number of aliphatic hydroxyl groups excluding tert-OH is 1. The molecule has 1 rings (SSSR count). The molecule has 1 heterocycles. The van der Waals surface area contributed by atoms with E-state index in [1.807, 2.05) is 14.0 Å². The number of ether oxygens (including phenoxy) is 1. The SMILES string of the molecule is COCC(O)c1cn(C)nc1C. The summed E-state index contributed by atoms with van der Waals surface area (Å²) in [6.07, 6.45) is 1.24. The van der Waals surface area contributed by atoms with Gasteiger partial charge in [-0.15, -0.1) is 0 Å². The van der Waals surface area contributed by atoms with Gasteiger partial charge in [0.15, 0.2) is 0 Å². The van der Waals surface area contributed by atoms with Crippen LogP contribution in [-0.2, 0) is 11.8 Å². The second-order valence-corrected chi connectivity index (χ2v) is 2.81. The molecule has 1 aromatic rings. The van der Waals surface area contributed by atoms with E-state index in [9.17, 15) is 5.11 Å². The highest BCUT2D eigenvalue weighted by Gasteiger charge is 2.12. The topological polar surface area (TPSA) is 47.3 Å². The molecule has 4 nitrogen and oxygen atoms in total. The Kier molecular flexibility index (Phi) is 2.83. The molecule has 0 spiro atoms. The molecule has 0 bridgehead atoms. The Morgan fingerprint density at radius 1 is 1.75 bits per heavy atom. The summed E-state index contributed by atoms with van der Waals surface area (Å²) in [6.45, 7) is 2.18. The van der Waals surface area contributed by atoms with Gasteiger partial charge in [0.25, 0.3) is 0 Å². The second-order valence-electron chi connectivity index (χ2n) is 2.81. The van der Waals surface area contributed by atoms with Gasteiger partial charge in [0.1, 0.15) is 6.10 Å². The van der Waals surface area contributed by atoms with Crippen LogP contribution < -0.4 is 0 Å². The maximum atomic E-state index is 9.54. The Hall–Kier alpha value is -0.870. The number of aryl methyl sites for hydroxylation is 2. The van der Waals surface area contributed by atoms with Crippen molar-refractivity contribution in [2.24, 2.45) is 7.05 Å². The Bertz CT molecular complexity index is 258. The van der Waals surface area contributed by atoms with E-state index in [-0.39, 0.29) is 0 Å². The van der Waals surface area contributed by atoms with E-state index < -0.39 is 6.10 Å². The molecule has 0 radical (unpaired) electrons. The molecule has 0 aliphatic carbocycles. The van der Waals surface area contributed by atoms with Crippen molar-refractivity contribution in [1.82, 2.24) is 9.78 Å². The quantitative estimate of drug-likeness (QED) is 0.714. The first-order valence-electron chi connectivity index (χ1n) is 3.82. The van der Waals surface area contributed by atoms with Gasteiger partial charge in [-0.05, 0) is 6.92 Å². The van der Waals surface area contributed by atoms with Gasteiger partial charge in [0.2, 0.25) is 0 Å². The third kappa shape index (κ3) is 1.84. The van der Waals surface area contributed by atoms with Crippen LogP contribution in [0, 0.1) is 6.92 Å². The Morgan fingerprint density at radius 2 is 2.42 bits per heavy atom. The first-order chi connectivity index (χ1) is 5.65. The third-order valence-electron chi connectivity index (χ3n) is 1.73. The van der Waals surface area contributed by atoms with Crippen molar-refractivity contribution in [3.8, 4) is 0 Å². The molecule has 4 heteroatoms. The summed E-state index contributed by atoms with van der Waals surface area (Å²) < 4.78 is 6.52. The third-order valence-corrected chi connectivity index (χ3v) is 1.73. The highest BCUT2D eigenvalue weighted by molar-refractivity contribution is 5.18. The molecule has 12 heavy (non-hydrogen) atoms. The fourth-order valence-electron chi connectivity index (χ4n) is 1.19. The molecule has 0 aromatic carbocycles. The van der Waals surface area contributed by atoms with E-state index >= 15 is 0 Å². The smallest absolute Gasteiger partial charge is 0.106 e. The highest BCUT2D eigenvalue weighted by atomic mass is 16.5. The maximum absolute atomic E-state index is 9.54. The van der Waals surface area contributed by atoms with Gasteiger partial charge < -0.3 is 9.84 Å². The molecule has 1 unspecified atom stereocenters. The standard InChI is InChI=1S/C8H14N2O2/c1-6-7(4-10(2)9-6)8(11)5-12-3/h4,8,11H,5H2,1-3H3. The molecule has 1 N–H and O–H groups in total. The minimum absolute atomic E-state index is 0.312. The fraction of sp³-hybridized carbons (Fsp3) is 0.625. The Morgan fingerprint density at radius 3 is 2.83 bits per heavy atom. The Balaban J connectivity index is 2.79. The van der Waals surface area contributed by atoms with Crippen molar-refractivity contribution in [2.75, 3.05) is 13.7 Å². The van der Waals surface area contributed by atoms with E-state index in [2.05, 4.69) is 5.10 Å². The van der Waals surface area contributed by atoms with Crippen LogP contribution in [0.1, 0.15) is 17.4 Å². The molecular weight excluding hydrogens is 156 g/mol. The van der Waals surface area contributed by atoms with Crippen molar-refractivity contribution in [3.05, 3.63) is 17.5 Å². The van der Waals surface area contributed by atoms with Crippen LogP contribution in [0.5, 0.6) is 0 Å². The zero-order chi connectivity index (χ0) is 9.14. The van der Waals surface area contributed by atoms with Crippen molar-refractivity contribution >= 4 is 0 Å². The van der Waals surface area contributed by atoms with Gasteiger partial charge in [-0.1, -0.05) is 0 Å². The van der Waals surface area contributed by atoms with Crippen LogP contribution in [0.2, 0.25) is 0 Å². The maximum Gasteiger partial charge on any atom is 0.106 e. The summed E-state index contributed by atoms with van der Waals surface area (Å²) in [6, 6.07) is 0. The van der Waals surface area contributed by atoms with E-state index in [0.29, 0.717) is 6.61 Å². The normalized spacial score (nSPS) is 13.3. The van der Waals surface area contributed by atoms with Crippen LogP contribution in [0.25, 0.3) is 0 Å². The lowest BCUT2D eigenvalue weighted by molar-refractivity contribution is 0.0640. The first kappa shape index (κ1) is 9.22. The summed E-state index contributed by atoms with van der Waals surface area (Å²) in [4.78, 5) is 0. The molecule has 0 aliphatic rings. The lowest BCUT2D eigenvalue weighted by Gasteiger charge is -2.06. The van der Waals surface area contributed by atoms with E-state index in [1.165, 1.54) is 0 Å². The molecule has 68 valence electrons. The first-order valence-corrected chi connectivity index (χ1v) is 3.82. The van der Waals surface area contributed by atoms with Crippen molar-refractivity contribution in [3.63, 3.8) is 0 Å². The molecule has 0 fully saturated rings. The Labute approximate surface area is 71.8 Å². The van der Waals surface area contributed by atoms with Gasteiger partial charge in [-0.25, -0.2) is 0 Å². The van der Waals surface area contributed by atoms with E-state index in [4.69, 9.17) is 4.74 Å². The minimum Gasteiger partial charge on any atom is -0.386 e. The molecule has 0 saturated carbocycles. The summed E-state index contributed by atoms with van der Waals surface area (Å²) in [5.74, 6) is 0. The number of methoxy groups -OCH3 is 1. The van der Waals surface area contributed by atoms with Gasteiger partial charge in [-0.2, -0.15) is 5.10 Å². The number of hydrogen-bond donors (Lipinski definition) is 1. The van der Waals surface area contributed by atoms with Crippen LogP contribution in [0.3, 0.4) is 0 Å². The van der Waals surface area contributed by atoms with Gasteiger partial charge >= 0.3 is 0 Å². The number of aromatic nitrogens is 2. The second kappa shape index (κ2) is 3.69. The zero-order valence-corrected chi connectivity index (χ0v) is 7.61. The predicted molar refractivity (Wildman–Crippen MR) is 44.8 cm³/mol. The monoisotopic (exact) mass is 170 g/mol. The summed E-state index contributed by atoms with van der Waals surface area (Å²) in [5, 5.41) is 13.7. The summed E-state index contributed by atoms with van der Waals surface area (Å²) in [5.41, 5.74) is 1.68. The molecule has 1 aromatic heterocycles. The van der Waals surface area contributed by atoms with E-state index in [0.717, 1.165) is 11.3 Å². The van der Waals surface area contributed by atoms with Crippen molar-refractivity contribution < 1.29 is 9.84 Å². The molecule has 1 atom stereocenters. The van der Waals surface area contributed by atoms with Crippen LogP contribution >= 0.6 is 0 Å². The highest BCUT2D eigenvalue weighted by Crippen LogP contribution is 2.15. The van der Waals surface area contributed by atoms with Gasteiger partial charge in [0, 0.05) is 25.9 Å². The number of aliphatic hydroxyl groups is 1. The minimum atomic E-state index is -0.566. The van der Waals surface area contributed by atoms with Crippen molar-refractivity contribution in [2.45, 2.75) is 13.0 Å². The average molecular weight is 170 g/mol.